The number of amides is 2. The van der Waals surface area contributed by atoms with Crippen LogP contribution < -0.4 is 16.4 Å². The first kappa shape index (κ1) is 20.2. The van der Waals surface area contributed by atoms with Gasteiger partial charge in [0, 0.05) is 32.0 Å². The van der Waals surface area contributed by atoms with E-state index < -0.39 is 0 Å². The Morgan fingerprint density at radius 1 is 0.958 bits per heavy atom. The molecule has 0 saturated carbocycles. The van der Waals surface area contributed by atoms with Crippen LogP contribution in [0.4, 0.5) is 0 Å². The monoisotopic (exact) mass is 333 g/mol. The molecule has 1 aromatic carbocycles. The number of carbonyl (C=O) groups excluding carboxylic acids is 2. The van der Waals surface area contributed by atoms with Gasteiger partial charge in [-0.05, 0) is 23.0 Å². The van der Waals surface area contributed by atoms with Gasteiger partial charge in [0.2, 0.25) is 11.8 Å². The van der Waals surface area contributed by atoms with Crippen molar-refractivity contribution in [3.8, 4) is 0 Å². The highest BCUT2D eigenvalue weighted by Crippen LogP contribution is 2.17. The lowest BCUT2D eigenvalue weighted by molar-refractivity contribution is -0.122. The summed E-state index contributed by atoms with van der Waals surface area (Å²) in [6.07, 6.45) is 0.752. The molecule has 5 heteroatoms. The van der Waals surface area contributed by atoms with E-state index in [1.165, 1.54) is 5.56 Å². The quantitative estimate of drug-likeness (QED) is 0.649. The number of nitrogens with two attached hydrogens (primary N) is 1. The Morgan fingerprint density at radius 3 is 2.08 bits per heavy atom. The third-order valence-electron chi connectivity index (χ3n) is 3.82. The van der Waals surface area contributed by atoms with E-state index in [2.05, 4.69) is 36.6 Å². The molecule has 1 unspecified atom stereocenters. The topological polar surface area (TPSA) is 84.2 Å². The average Bonchev–Trinajstić information content (AvgIpc) is 2.52. The molecular formula is C19H31N3O2. The summed E-state index contributed by atoms with van der Waals surface area (Å²) >= 11 is 0. The van der Waals surface area contributed by atoms with Crippen LogP contribution in [-0.2, 0) is 9.59 Å². The highest BCUT2D eigenvalue weighted by Gasteiger charge is 2.10. The molecule has 0 bridgehead atoms. The molecule has 0 aliphatic rings. The van der Waals surface area contributed by atoms with Gasteiger partial charge in [0.1, 0.15) is 0 Å². The van der Waals surface area contributed by atoms with Crippen molar-refractivity contribution < 1.29 is 9.59 Å². The summed E-state index contributed by atoms with van der Waals surface area (Å²) in [5.74, 6) is 0.689. The first-order chi connectivity index (χ1) is 11.3. The van der Waals surface area contributed by atoms with Crippen LogP contribution in [0.25, 0.3) is 0 Å². The van der Waals surface area contributed by atoms with Gasteiger partial charge >= 0.3 is 0 Å². The van der Waals surface area contributed by atoms with Crippen LogP contribution in [-0.4, -0.2) is 24.9 Å². The third-order valence-corrected chi connectivity index (χ3v) is 3.82. The standard InChI is InChI=1S/C19H31N3O2/c1-13(2)11-19(24)21-10-9-18(23)22-12-17(20)16-7-5-15(6-8-16)14(3)4/h5-8,13-14,17H,9-12,20H2,1-4H3,(H,21,24)(H,22,23). The summed E-state index contributed by atoms with van der Waals surface area (Å²) < 4.78 is 0. The zero-order valence-corrected chi connectivity index (χ0v) is 15.3. The van der Waals surface area contributed by atoms with E-state index in [1.54, 1.807) is 0 Å². The second-order valence-corrected chi connectivity index (χ2v) is 6.93. The minimum Gasteiger partial charge on any atom is -0.356 e. The number of hydrogen-bond donors (Lipinski definition) is 3. The lowest BCUT2D eigenvalue weighted by Crippen LogP contribution is -2.34. The zero-order valence-electron chi connectivity index (χ0n) is 15.3. The van der Waals surface area contributed by atoms with Crippen LogP contribution >= 0.6 is 0 Å². The molecule has 1 rings (SSSR count). The number of hydrogen-bond acceptors (Lipinski definition) is 3. The average molecular weight is 333 g/mol. The molecule has 2 amide bonds. The number of benzene rings is 1. The Bertz CT molecular complexity index is 524. The van der Waals surface area contributed by atoms with Crippen molar-refractivity contribution in [2.75, 3.05) is 13.1 Å². The van der Waals surface area contributed by atoms with Gasteiger partial charge in [0.15, 0.2) is 0 Å². The highest BCUT2D eigenvalue weighted by molar-refractivity contribution is 5.79. The molecule has 0 aliphatic heterocycles. The van der Waals surface area contributed by atoms with Crippen LogP contribution in [0.3, 0.4) is 0 Å². The Kier molecular flexibility index (Phi) is 8.47. The second kappa shape index (κ2) is 10.1. The molecule has 0 aliphatic carbocycles. The Morgan fingerprint density at radius 2 is 1.54 bits per heavy atom. The van der Waals surface area contributed by atoms with Crippen molar-refractivity contribution in [3.05, 3.63) is 35.4 Å². The SMILES string of the molecule is CC(C)CC(=O)NCCC(=O)NCC(N)c1ccc(C(C)C)cc1. The zero-order chi connectivity index (χ0) is 18.1. The molecule has 4 N–H and O–H groups in total. The minimum absolute atomic E-state index is 0.0141. The molecule has 0 heterocycles. The molecule has 0 aromatic heterocycles. The fraction of sp³-hybridized carbons (Fsp3) is 0.579. The van der Waals surface area contributed by atoms with Crippen LogP contribution in [0.5, 0.6) is 0 Å². The van der Waals surface area contributed by atoms with E-state index in [9.17, 15) is 9.59 Å². The van der Waals surface area contributed by atoms with E-state index >= 15 is 0 Å². The molecule has 134 valence electrons. The maximum atomic E-state index is 11.8. The van der Waals surface area contributed by atoms with Crippen molar-refractivity contribution >= 4 is 11.8 Å². The Hall–Kier alpha value is -1.88. The van der Waals surface area contributed by atoms with E-state index in [-0.39, 0.29) is 24.3 Å². The lowest BCUT2D eigenvalue weighted by atomic mass is 9.99. The lowest BCUT2D eigenvalue weighted by Gasteiger charge is -2.15. The normalized spacial score (nSPS) is 12.3. The van der Waals surface area contributed by atoms with Gasteiger partial charge in [0.05, 0.1) is 0 Å². The van der Waals surface area contributed by atoms with Gasteiger partial charge in [-0.1, -0.05) is 52.0 Å². The van der Waals surface area contributed by atoms with Crippen LogP contribution in [0.2, 0.25) is 0 Å². The molecule has 0 fully saturated rings. The second-order valence-electron chi connectivity index (χ2n) is 6.93. The van der Waals surface area contributed by atoms with Gasteiger partial charge in [0.25, 0.3) is 0 Å². The summed E-state index contributed by atoms with van der Waals surface area (Å²) in [4.78, 5) is 23.3. The predicted molar refractivity (Wildman–Crippen MR) is 97.6 cm³/mol. The fourth-order valence-electron chi connectivity index (χ4n) is 2.32. The Balaban J connectivity index is 2.29. The number of nitrogens with one attached hydrogen (secondary N) is 2. The maximum absolute atomic E-state index is 11.8. The van der Waals surface area contributed by atoms with Crippen molar-refractivity contribution in [2.45, 2.75) is 52.5 Å². The first-order valence-corrected chi connectivity index (χ1v) is 8.68. The van der Waals surface area contributed by atoms with Gasteiger partial charge in [-0.25, -0.2) is 0 Å². The van der Waals surface area contributed by atoms with Crippen LogP contribution in [0.15, 0.2) is 24.3 Å². The molecule has 1 atom stereocenters. The third kappa shape index (κ3) is 7.59. The van der Waals surface area contributed by atoms with Crippen molar-refractivity contribution in [1.29, 1.82) is 0 Å². The highest BCUT2D eigenvalue weighted by atomic mass is 16.2. The van der Waals surface area contributed by atoms with Crippen molar-refractivity contribution in [2.24, 2.45) is 11.7 Å². The molecular weight excluding hydrogens is 302 g/mol. The summed E-state index contributed by atoms with van der Waals surface area (Å²) in [6, 6.07) is 7.94. The summed E-state index contributed by atoms with van der Waals surface area (Å²) in [5, 5.41) is 5.57. The van der Waals surface area contributed by atoms with Crippen LogP contribution in [0, 0.1) is 5.92 Å². The maximum Gasteiger partial charge on any atom is 0.221 e. The van der Waals surface area contributed by atoms with Gasteiger partial charge in [-0.15, -0.1) is 0 Å². The Labute approximate surface area is 145 Å². The van der Waals surface area contributed by atoms with Crippen molar-refractivity contribution in [3.63, 3.8) is 0 Å². The molecule has 0 radical (unpaired) electrons. The molecule has 24 heavy (non-hydrogen) atoms. The summed E-state index contributed by atoms with van der Waals surface area (Å²) in [5.41, 5.74) is 8.39. The van der Waals surface area contributed by atoms with Gasteiger partial charge < -0.3 is 16.4 Å². The van der Waals surface area contributed by atoms with Crippen molar-refractivity contribution in [1.82, 2.24) is 10.6 Å². The van der Waals surface area contributed by atoms with Gasteiger partial charge in [-0.3, -0.25) is 9.59 Å². The van der Waals surface area contributed by atoms with E-state index in [0.29, 0.717) is 31.3 Å². The predicted octanol–water partition coefficient (Wildman–Crippen LogP) is 2.48. The summed E-state index contributed by atoms with van der Waals surface area (Å²) in [6.45, 7) is 9.02. The largest absolute Gasteiger partial charge is 0.356 e. The molecule has 0 spiro atoms. The van der Waals surface area contributed by atoms with E-state index in [1.807, 2.05) is 26.0 Å². The van der Waals surface area contributed by atoms with Gasteiger partial charge in [-0.2, -0.15) is 0 Å². The smallest absolute Gasteiger partial charge is 0.221 e. The minimum atomic E-state index is -0.231. The van der Waals surface area contributed by atoms with E-state index in [4.69, 9.17) is 5.73 Å². The number of rotatable bonds is 9. The molecule has 5 nitrogen and oxygen atoms in total. The summed E-state index contributed by atoms with van der Waals surface area (Å²) in [7, 11) is 0. The first-order valence-electron chi connectivity index (χ1n) is 8.68. The van der Waals surface area contributed by atoms with Crippen LogP contribution in [0.1, 0.15) is 63.6 Å². The fourth-order valence-corrected chi connectivity index (χ4v) is 2.32. The number of carbonyl (C=O) groups is 2. The van der Waals surface area contributed by atoms with E-state index in [0.717, 1.165) is 5.56 Å². The molecule has 0 saturated heterocycles. The molecule has 1 aromatic rings.